The van der Waals surface area contributed by atoms with E-state index >= 15 is 0 Å². The Morgan fingerprint density at radius 2 is 2.11 bits per heavy atom. The average molecular weight is 270 g/mol. The highest BCUT2D eigenvalue weighted by Gasteiger charge is 2.40. The molecule has 2 rings (SSSR count). The first-order chi connectivity index (χ1) is 8.63. The van der Waals surface area contributed by atoms with Crippen LogP contribution < -0.4 is 0 Å². The number of amides is 1. The van der Waals surface area contributed by atoms with Gasteiger partial charge in [0.15, 0.2) is 0 Å². The summed E-state index contributed by atoms with van der Waals surface area (Å²) in [6.07, 6.45) is 4.59. The molecule has 0 radical (unpaired) electrons. The van der Waals surface area contributed by atoms with Crippen LogP contribution in [0.4, 0.5) is 0 Å². The summed E-state index contributed by atoms with van der Waals surface area (Å²) in [4.78, 5) is 26.8. The maximum absolute atomic E-state index is 12.3. The van der Waals surface area contributed by atoms with E-state index in [-0.39, 0.29) is 11.3 Å². The molecule has 2 fully saturated rings. The highest BCUT2D eigenvalue weighted by Crippen LogP contribution is 2.37. The minimum absolute atomic E-state index is 0.0249. The maximum Gasteiger partial charge on any atom is 0.330 e. The van der Waals surface area contributed by atoms with E-state index in [1.807, 2.05) is 6.92 Å². The van der Waals surface area contributed by atoms with E-state index in [0.717, 1.165) is 32.0 Å². The highest BCUT2D eigenvalue weighted by molar-refractivity contribution is 8.04. The number of likely N-dealkylation sites (N-methyl/N-ethyl adjacent to an activating group) is 1. The number of carbonyl (C=O) groups excluding carboxylic acids is 1. The molecule has 0 saturated carbocycles. The lowest BCUT2D eigenvalue weighted by molar-refractivity contribution is -0.131. The minimum Gasteiger partial charge on any atom is -0.478 e. The predicted octanol–water partition coefficient (Wildman–Crippen LogP) is 1.32. The lowest BCUT2D eigenvalue weighted by Gasteiger charge is -2.29. The van der Waals surface area contributed by atoms with Crippen molar-refractivity contribution < 1.29 is 14.7 Å². The van der Waals surface area contributed by atoms with Crippen molar-refractivity contribution >= 4 is 23.6 Å². The van der Waals surface area contributed by atoms with Gasteiger partial charge in [0.25, 0.3) is 5.91 Å². The standard InChI is InChI=1S/C12H18N2O3S/c1-2-14-9(8-10(15)16)18-12(11(14)17)13-6-4-3-5-7-13/h8,12H,2-7H2,1H3,(H,15,16)/b9-8+. The van der Waals surface area contributed by atoms with Gasteiger partial charge < -0.3 is 10.0 Å². The molecule has 1 N–H and O–H groups in total. The molecule has 0 bridgehead atoms. The van der Waals surface area contributed by atoms with Crippen LogP contribution in [0.2, 0.25) is 0 Å². The Morgan fingerprint density at radius 3 is 2.67 bits per heavy atom. The van der Waals surface area contributed by atoms with Gasteiger partial charge in [-0.1, -0.05) is 18.2 Å². The third kappa shape index (κ3) is 2.70. The molecule has 0 spiro atoms. The molecule has 1 amide bonds. The number of aliphatic carboxylic acids is 1. The Kier molecular flexibility index (Phi) is 4.29. The fraction of sp³-hybridized carbons (Fsp3) is 0.667. The summed E-state index contributed by atoms with van der Waals surface area (Å²) in [5.74, 6) is -0.972. The van der Waals surface area contributed by atoms with Gasteiger partial charge >= 0.3 is 5.97 Å². The Balaban J connectivity index is 2.14. The van der Waals surface area contributed by atoms with E-state index in [9.17, 15) is 9.59 Å². The van der Waals surface area contributed by atoms with E-state index in [1.54, 1.807) is 4.90 Å². The Labute approximate surface area is 111 Å². The SMILES string of the molecule is CCN1C(=O)C(N2CCCCC2)S/C1=C/C(=O)O. The smallest absolute Gasteiger partial charge is 0.330 e. The number of carboxylic acids is 1. The molecular formula is C12H18N2O3S. The summed E-state index contributed by atoms with van der Waals surface area (Å²) in [5, 5.41) is 9.16. The van der Waals surface area contributed by atoms with E-state index in [1.165, 1.54) is 18.2 Å². The van der Waals surface area contributed by atoms with Crippen LogP contribution in [-0.4, -0.2) is 51.8 Å². The lowest BCUT2D eigenvalue weighted by Crippen LogP contribution is -2.43. The topological polar surface area (TPSA) is 60.9 Å². The van der Waals surface area contributed by atoms with Crippen molar-refractivity contribution in [2.75, 3.05) is 19.6 Å². The van der Waals surface area contributed by atoms with Crippen LogP contribution in [0.3, 0.4) is 0 Å². The second-order valence-electron chi connectivity index (χ2n) is 4.47. The summed E-state index contributed by atoms with van der Waals surface area (Å²) >= 11 is 1.37. The van der Waals surface area contributed by atoms with Gasteiger partial charge in [0.2, 0.25) is 0 Å². The third-order valence-electron chi connectivity index (χ3n) is 3.26. The number of hydrogen-bond donors (Lipinski definition) is 1. The van der Waals surface area contributed by atoms with Crippen LogP contribution in [-0.2, 0) is 9.59 Å². The molecule has 2 aliphatic rings. The number of carbonyl (C=O) groups is 2. The van der Waals surface area contributed by atoms with E-state index in [2.05, 4.69) is 4.90 Å². The van der Waals surface area contributed by atoms with Gasteiger partial charge in [-0.2, -0.15) is 0 Å². The molecule has 2 saturated heterocycles. The zero-order valence-electron chi connectivity index (χ0n) is 10.5. The van der Waals surface area contributed by atoms with Crippen LogP contribution in [0.25, 0.3) is 0 Å². The second-order valence-corrected chi connectivity index (χ2v) is 5.57. The van der Waals surface area contributed by atoms with Crippen molar-refractivity contribution in [3.05, 3.63) is 11.1 Å². The summed E-state index contributed by atoms with van der Waals surface area (Å²) < 4.78 is 0. The lowest BCUT2D eigenvalue weighted by atomic mass is 10.1. The van der Waals surface area contributed by atoms with Gasteiger partial charge in [0.05, 0.1) is 11.1 Å². The highest BCUT2D eigenvalue weighted by atomic mass is 32.2. The molecule has 0 aliphatic carbocycles. The summed E-state index contributed by atoms with van der Waals surface area (Å²) in [6, 6.07) is 0. The molecule has 1 unspecified atom stereocenters. The number of thioether (sulfide) groups is 1. The fourth-order valence-corrected chi connectivity index (χ4v) is 3.72. The fourth-order valence-electron chi connectivity index (χ4n) is 2.38. The van der Waals surface area contributed by atoms with Crippen LogP contribution >= 0.6 is 11.8 Å². The molecule has 6 heteroatoms. The molecule has 5 nitrogen and oxygen atoms in total. The van der Waals surface area contributed by atoms with Crippen molar-refractivity contribution in [2.45, 2.75) is 31.6 Å². The van der Waals surface area contributed by atoms with Gasteiger partial charge in [-0.15, -0.1) is 0 Å². The van der Waals surface area contributed by atoms with Gasteiger partial charge in [-0.3, -0.25) is 9.69 Å². The molecule has 18 heavy (non-hydrogen) atoms. The van der Waals surface area contributed by atoms with E-state index < -0.39 is 5.97 Å². The second kappa shape index (κ2) is 5.75. The monoisotopic (exact) mass is 270 g/mol. The van der Waals surface area contributed by atoms with E-state index in [4.69, 9.17) is 5.11 Å². The number of piperidine rings is 1. The van der Waals surface area contributed by atoms with Crippen LogP contribution in [0.1, 0.15) is 26.2 Å². The Morgan fingerprint density at radius 1 is 1.44 bits per heavy atom. The molecule has 0 aromatic heterocycles. The van der Waals surface area contributed by atoms with Crippen LogP contribution in [0.5, 0.6) is 0 Å². The molecule has 2 heterocycles. The normalized spacial score (nSPS) is 28.1. The first-order valence-electron chi connectivity index (χ1n) is 6.30. The number of hydrogen-bond acceptors (Lipinski definition) is 4. The Bertz CT molecular complexity index is 378. The van der Waals surface area contributed by atoms with Crippen molar-refractivity contribution in [1.29, 1.82) is 0 Å². The van der Waals surface area contributed by atoms with Gasteiger partial charge in [-0.25, -0.2) is 4.79 Å². The average Bonchev–Trinajstić information content (AvgIpc) is 2.66. The first kappa shape index (κ1) is 13.4. The number of rotatable bonds is 3. The zero-order chi connectivity index (χ0) is 13.1. The van der Waals surface area contributed by atoms with E-state index in [0.29, 0.717) is 11.6 Å². The number of likely N-dealkylation sites (tertiary alicyclic amines) is 1. The van der Waals surface area contributed by atoms with Crippen molar-refractivity contribution in [3.8, 4) is 0 Å². The number of carboxylic acid groups (broad SMARTS) is 1. The van der Waals surface area contributed by atoms with Crippen molar-refractivity contribution in [2.24, 2.45) is 0 Å². The quantitative estimate of drug-likeness (QED) is 0.784. The van der Waals surface area contributed by atoms with Crippen LogP contribution in [0.15, 0.2) is 11.1 Å². The van der Waals surface area contributed by atoms with Crippen molar-refractivity contribution in [3.63, 3.8) is 0 Å². The third-order valence-corrected chi connectivity index (χ3v) is 4.56. The molecule has 2 aliphatic heterocycles. The maximum atomic E-state index is 12.3. The molecule has 0 aromatic carbocycles. The molecule has 100 valence electrons. The Hall–Kier alpha value is -1.01. The summed E-state index contributed by atoms with van der Waals surface area (Å²) in [5.41, 5.74) is 0. The van der Waals surface area contributed by atoms with Gasteiger partial charge in [0.1, 0.15) is 5.37 Å². The van der Waals surface area contributed by atoms with Gasteiger partial charge in [0, 0.05) is 6.54 Å². The number of nitrogens with zero attached hydrogens (tertiary/aromatic N) is 2. The minimum atomic E-state index is -0.997. The van der Waals surface area contributed by atoms with Crippen molar-refractivity contribution in [1.82, 2.24) is 9.80 Å². The predicted molar refractivity (Wildman–Crippen MR) is 69.9 cm³/mol. The van der Waals surface area contributed by atoms with Gasteiger partial charge in [-0.05, 0) is 32.9 Å². The molecule has 1 atom stereocenters. The molecular weight excluding hydrogens is 252 g/mol. The largest absolute Gasteiger partial charge is 0.478 e. The first-order valence-corrected chi connectivity index (χ1v) is 7.18. The molecule has 0 aromatic rings. The summed E-state index contributed by atoms with van der Waals surface area (Å²) in [6.45, 7) is 4.25. The summed E-state index contributed by atoms with van der Waals surface area (Å²) in [7, 11) is 0. The van der Waals surface area contributed by atoms with Crippen LogP contribution in [0, 0.1) is 0 Å². The zero-order valence-corrected chi connectivity index (χ0v) is 11.3.